The highest BCUT2D eigenvalue weighted by molar-refractivity contribution is 5.59. The minimum Gasteiger partial charge on any atom is -0.366 e. The monoisotopic (exact) mass is 310 g/mol. The topological polar surface area (TPSA) is 101 Å². The zero-order valence-corrected chi connectivity index (χ0v) is 12.3. The Morgan fingerprint density at radius 2 is 2.09 bits per heavy atom. The van der Waals surface area contributed by atoms with E-state index in [2.05, 4.69) is 5.32 Å². The lowest BCUT2D eigenvalue weighted by Crippen LogP contribution is -2.31. The third-order valence-electron chi connectivity index (χ3n) is 3.87. The summed E-state index contributed by atoms with van der Waals surface area (Å²) in [5.74, 6) is 0.287. The van der Waals surface area contributed by atoms with Crippen LogP contribution < -0.4 is 10.9 Å². The molecule has 0 amide bonds. The van der Waals surface area contributed by atoms with E-state index in [1.807, 2.05) is 6.07 Å². The summed E-state index contributed by atoms with van der Waals surface area (Å²) in [6.07, 6.45) is 1.05. The molecule has 0 saturated carbocycles. The van der Waals surface area contributed by atoms with Gasteiger partial charge in [-0.25, -0.2) is 0 Å². The molecule has 0 bridgehead atoms. The van der Waals surface area contributed by atoms with E-state index in [-0.39, 0.29) is 17.1 Å². The molecular weight excluding hydrogens is 296 g/mol. The molecule has 0 radical (unpaired) electrons. The number of benzene rings is 1. The number of hydrogen-bond acceptors (Lipinski definition) is 5. The molecule has 1 aliphatic heterocycles. The maximum atomic E-state index is 12.6. The molecule has 0 unspecified atom stereocenters. The molecule has 2 aromatic rings. The molecule has 2 heterocycles. The van der Waals surface area contributed by atoms with Gasteiger partial charge in [0.15, 0.2) is 5.82 Å². The van der Waals surface area contributed by atoms with E-state index >= 15 is 0 Å². The molecule has 3 rings (SSSR count). The predicted molar refractivity (Wildman–Crippen MR) is 84.4 cm³/mol. The molecule has 1 aromatic carbocycles. The molecule has 0 saturated heterocycles. The van der Waals surface area contributed by atoms with Crippen molar-refractivity contribution in [3.05, 3.63) is 67.5 Å². The maximum absolute atomic E-state index is 12.6. The summed E-state index contributed by atoms with van der Waals surface area (Å²) in [6.45, 7) is 1.10. The summed E-state index contributed by atoms with van der Waals surface area (Å²) in [4.78, 5) is 23.4. The summed E-state index contributed by atoms with van der Waals surface area (Å²) in [5, 5.41) is 23.0. The number of nitrogens with one attached hydrogen (secondary N) is 1. The fraction of sp³-hybridized carbons (Fsp3) is 0.250. The number of fused-ring (bicyclic) bond motifs is 1. The van der Waals surface area contributed by atoms with Crippen molar-refractivity contribution in [2.75, 3.05) is 11.9 Å². The molecule has 7 heteroatoms. The first-order chi connectivity index (χ1) is 11.1. The van der Waals surface area contributed by atoms with Gasteiger partial charge in [-0.05, 0) is 24.1 Å². The summed E-state index contributed by atoms with van der Waals surface area (Å²) in [7, 11) is 0. The molecule has 116 valence electrons. The van der Waals surface area contributed by atoms with Gasteiger partial charge >= 0.3 is 5.69 Å². The number of hydrogen-bond donors (Lipinski definition) is 1. The van der Waals surface area contributed by atoms with Gasteiger partial charge in [-0.1, -0.05) is 12.1 Å². The maximum Gasteiger partial charge on any atom is 0.310 e. The second kappa shape index (κ2) is 5.93. The lowest BCUT2D eigenvalue weighted by atomic mass is 10.0. The van der Waals surface area contributed by atoms with Crippen molar-refractivity contribution in [1.29, 1.82) is 5.26 Å². The number of aromatic nitrogens is 1. The number of rotatable bonds is 3. The molecular formula is C16H14N4O3. The van der Waals surface area contributed by atoms with Crippen molar-refractivity contribution in [3.63, 3.8) is 0 Å². The molecule has 1 aliphatic rings. The van der Waals surface area contributed by atoms with E-state index in [0.717, 1.165) is 12.0 Å². The number of nitrogens with zero attached hydrogens (tertiary/aromatic N) is 3. The highest BCUT2D eigenvalue weighted by atomic mass is 16.6. The predicted octanol–water partition coefficient (Wildman–Crippen LogP) is 2.03. The average molecular weight is 310 g/mol. The zero-order chi connectivity index (χ0) is 16.4. The van der Waals surface area contributed by atoms with Crippen molar-refractivity contribution >= 4 is 11.5 Å². The molecule has 1 aromatic heterocycles. The first-order valence-corrected chi connectivity index (χ1v) is 7.24. The Morgan fingerprint density at radius 3 is 2.74 bits per heavy atom. The number of pyridine rings is 1. The second-order valence-electron chi connectivity index (χ2n) is 5.38. The number of nitriles is 1. The summed E-state index contributed by atoms with van der Waals surface area (Å²) < 4.78 is 1.45. The van der Waals surface area contributed by atoms with Crippen LogP contribution in [-0.2, 0) is 13.0 Å². The third kappa shape index (κ3) is 2.79. The minimum atomic E-state index is -0.466. The van der Waals surface area contributed by atoms with E-state index in [1.54, 1.807) is 24.3 Å². The van der Waals surface area contributed by atoms with Crippen LogP contribution >= 0.6 is 0 Å². The van der Waals surface area contributed by atoms with E-state index in [9.17, 15) is 14.9 Å². The van der Waals surface area contributed by atoms with Gasteiger partial charge in [-0.3, -0.25) is 19.5 Å². The number of nitro groups is 1. The van der Waals surface area contributed by atoms with Crippen LogP contribution in [0, 0.1) is 21.4 Å². The van der Waals surface area contributed by atoms with Crippen molar-refractivity contribution in [3.8, 4) is 6.07 Å². The van der Waals surface area contributed by atoms with Gasteiger partial charge in [-0.2, -0.15) is 5.26 Å². The lowest BCUT2D eigenvalue weighted by Gasteiger charge is -2.20. The van der Waals surface area contributed by atoms with E-state index in [1.165, 1.54) is 10.6 Å². The Balaban J connectivity index is 2.05. The van der Waals surface area contributed by atoms with Crippen molar-refractivity contribution in [2.24, 2.45) is 0 Å². The van der Waals surface area contributed by atoms with Crippen LogP contribution in [0.2, 0.25) is 0 Å². The summed E-state index contributed by atoms with van der Waals surface area (Å²) >= 11 is 0. The Bertz CT molecular complexity index is 863. The standard InChI is InChI=1S/C16H14N4O3/c17-10-12-4-2-11(3-5-12)8-13-9-14(20(22)23)15-18-6-1-7-19(15)16(13)21/h2-5,9,18H,1,6-8H2. The average Bonchev–Trinajstić information content (AvgIpc) is 2.58. The normalized spacial score (nSPS) is 12.8. The van der Waals surface area contributed by atoms with Gasteiger partial charge in [0, 0.05) is 31.1 Å². The van der Waals surface area contributed by atoms with Crippen LogP contribution in [0.3, 0.4) is 0 Å². The van der Waals surface area contributed by atoms with Gasteiger partial charge in [0.2, 0.25) is 0 Å². The largest absolute Gasteiger partial charge is 0.366 e. The van der Waals surface area contributed by atoms with Crippen LogP contribution in [0.25, 0.3) is 0 Å². The Labute approximate surface area is 131 Å². The highest BCUT2D eigenvalue weighted by Crippen LogP contribution is 2.26. The molecule has 0 aliphatic carbocycles. The Hall–Kier alpha value is -3.14. The summed E-state index contributed by atoms with van der Waals surface area (Å²) in [6, 6.07) is 10.2. The van der Waals surface area contributed by atoms with Gasteiger partial charge in [-0.15, -0.1) is 0 Å². The SMILES string of the molecule is N#Cc1ccc(Cc2cc([N+](=O)[O-])c3n(c2=O)CCCN3)cc1. The molecule has 23 heavy (non-hydrogen) atoms. The van der Waals surface area contributed by atoms with Crippen LogP contribution in [0.1, 0.15) is 23.1 Å². The molecule has 1 N–H and O–H groups in total. The minimum absolute atomic E-state index is 0.0760. The van der Waals surface area contributed by atoms with Crippen molar-refractivity contribution in [1.82, 2.24) is 4.57 Å². The van der Waals surface area contributed by atoms with Gasteiger partial charge in [0.1, 0.15) is 0 Å². The quantitative estimate of drug-likeness (QED) is 0.690. The van der Waals surface area contributed by atoms with Gasteiger partial charge in [0.25, 0.3) is 5.56 Å². The lowest BCUT2D eigenvalue weighted by molar-refractivity contribution is -0.384. The van der Waals surface area contributed by atoms with Crippen LogP contribution in [0.4, 0.5) is 11.5 Å². The third-order valence-corrected chi connectivity index (χ3v) is 3.87. The van der Waals surface area contributed by atoms with Crippen LogP contribution in [0.15, 0.2) is 35.1 Å². The fourth-order valence-corrected chi connectivity index (χ4v) is 2.73. The second-order valence-corrected chi connectivity index (χ2v) is 5.38. The van der Waals surface area contributed by atoms with E-state index in [4.69, 9.17) is 5.26 Å². The van der Waals surface area contributed by atoms with Crippen LogP contribution in [0.5, 0.6) is 0 Å². The number of anilines is 1. The van der Waals surface area contributed by atoms with Crippen molar-refractivity contribution in [2.45, 2.75) is 19.4 Å². The van der Waals surface area contributed by atoms with Gasteiger partial charge < -0.3 is 5.32 Å². The molecule has 0 fully saturated rings. The first kappa shape index (κ1) is 14.8. The van der Waals surface area contributed by atoms with Gasteiger partial charge in [0.05, 0.1) is 16.6 Å². The van der Waals surface area contributed by atoms with Crippen LogP contribution in [-0.4, -0.2) is 16.0 Å². The molecule has 0 spiro atoms. The Morgan fingerprint density at radius 1 is 1.35 bits per heavy atom. The highest BCUT2D eigenvalue weighted by Gasteiger charge is 2.24. The Kier molecular flexibility index (Phi) is 3.81. The smallest absolute Gasteiger partial charge is 0.310 e. The van der Waals surface area contributed by atoms with E-state index in [0.29, 0.717) is 30.6 Å². The molecule has 0 atom stereocenters. The molecule has 7 nitrogen and oxygen atoms in total. The first-order valence-electron chi connectivity index (χ1n) is 7.24. The summed E-state index contributed by atoms with van der Waals surface area (Å²) in [5.41, 5.74) is 1.47. The zero-order valence-electron chi connectivity index (χ0n) is 12.3. The fourth-order valence-electron chi connectivity index (χ4n) is 2.73. The van der Waals surface area contributed by atoms with Crippen molar-refractivity contribution < 1.29 is 4.92 Å². The van der Waals surface area contributed by atoms with E-state index < -0.39 is 4.92 Å².